The van der Waals surface area contributed by atoms with E-state index < -0.39 is 5.91 Å². The summed E-state index contributed by atoms with van der Waals surface area (Å²) in [6.07, 6.45) is 1.47. The number of halogens is 3. The summed E-state index contributed by atoms with van der Waals surface area (Å²) in [7, 11) is 0. The van der Waals surface area contributed by atoms with E-state index in [1.165, 1.54) is 29.8 Å². The monoisotopic (exact) mass is 556 g/mol. The molecule has 7 nitrogen and oxygen atoms in total. The number of anilines is 2. The molecule has 3 N–H and O–H groups in total. The van der Waals surface area contributed by atoms with E-state index in [9.17, 15) is 9.18 Å². The first-order chi connectivity index (χ1) is 17.5. The number of carbonyl (C=O) groups excluding carboxylic acids is 1. The van der Waals surface area contributed by atoms with Gasteiger partial charge in [-0.15, -0.1) is 23.7 Å². The maximum atomic E-state index is 13.4. The van der Waals surface area contributed by atoms with Gasteiger partial charge >= 0.3 is 0 Å². The smallest absolute Gasteiger partial charge is 0.284 e. The topological polar surface area (TPSA) is 96.4 Å². The van der Waals surface area contributed by atoms with Crippen LogP contribution in [0.4, 0.5) is 15.9 Å². The minimum absolute atomic E-state index is 0. The standard InChI is InChI=1S/C26H18ClFN4O3S.ClH/c27-20-12-18(5-7-22(20)35-13-15-2-1-3-17(28)10-15)31-25-19-11-16(4-6-21(19)29-14-30-25)23-8-9-24(36-23)26(33)32-34;/h1-12,14,34H,13H2,(H,32,33)(H,29,30,31);1H. The first-order valence-electron chi connectivity index (χ1n) is 10.7. The molecule has 1 amide bonds. The summed E-state index contributed by atoms with van der Waals surface area (Å²) in [6, 6.07) is 20.6. The molecule has 188 valence electrons. The summed E-state index contributed by atoms with van der Waals surface area (Å²) in [6.45, 7) is 0.188. The van der Waals surface area contributed by atoms with Crippen molar-refractivity contribution in [3.05, 3.63) is 100 Å². The Morgan fingerprint density at radius 3 is 2.70 bits per heavy atom. The van der Waals surface area contributed by atoms with Crippen LogP contribution < -0.4 is 15.5 Å². The average Bonchev–Trinajstić information content (AvgIpc) is 3.38. The van der Waals surface area contributed by atoms with Crippen molar-refractivity contribution in [2.45, 2.75) is 6.61 Å². The van der Waals surface area contributed by atoms with Crippen molar-refractivity contribution in [2.75, 3.05) is 5.32 Å². The quantitative estimate of drug-likeness (QED) is 0.147. The van der Waals surface area contributed by atoms with Crippen LogP contribution in [0.3, 0.4) is 0 Å². The number of hydrogen-bond donors (Lipinski definition) is 3. The molecule has 2 heterocycles. The Bertz CT molecular complexity index is 1580. The molecule has 0 spiro atoms. The highest BCUT2D eigenvalue weighted by molar-refractivity contribution is 7.17. The number of aromatic nitrogens is 2. The van der Waals surface area contributed by atoms with Gasteiger partial charge in [0.25, 0.3) is 5.91 Å². The molecule has 5 aromatic rings. The van der Waals surface area contributed by atoms with E-state index in [0.717, 1.165) is 21.3 Å². The molecule has 0 aliphatic carbocycles. The van der Waals surface area contributed by atoms with E-state index >= 15 is 0 Å². The van der Waals surface area contributed by atoms with E-state index in [2.05, 4.69) is 15.3 Å². The Labute approximate surface area is 226 Å². The molecule has 11 heteroatoms. The summed E-state index contributed by atoms with van der Waals surface area (Å²) in [5.74, 6) is 0.174. The molecular weight excluding hydrogens is 538 g/mol. The second kappa shape index (κ2) is 11.5. The van der Waals surface area contributed by atoms with Gasteiger partial charge in [0.05, 0.1) is 15.4 Å². The van der Waals surface area contributed by atoms with Gasteiger partial charge in [0.15, 0.2) is 0 Å². The number of hydrogen-bond acceptors (Lipinski definition) is 7. The molecular formula is C26H19Cl2FN4O3S. The van der Waals surface area contributed by atoms with Crippen molar-refractivity contribution >= 4 is 63.7 Å². The van der Waals surface area contributed by atoms with E-state index in [1.807, 2.05) is 30.3 Å². The first kappa shape index (κ1) is 26.3. The predicted octanol–water partition coefficient (Wildman–Crippen LogP) is 7.01. The van der Waals surface area contributed by atoms with E-state index in [-0.39, 0.29) is 24.8 Å². The Morgan fingerprint density at radius 2 is 1.92 bits per heavy atom. The molecule has 5 rings (SSSR count). The normalized spacial score (nSPS) is 10.6. The van der Waals surface area contributed by atoms with Gasteiger partial charge in [0, 0.05) is 16.0 Å². The van der Waals surface area contributed by atoms with Crippen molar-refractivity contribution in [3.8, 4) is 16.2 Å². The molecule has 0 unspecified atom stereocenters. The molecule has 0 saturated carbocycles. The number of ether oxygens (including phenoxy) is 1. The molecule has 0 saturated heterocycles. The summed E-state index contributed by atoms with van der Waals surface area (Å²) in [5.41, 5.74) is 4.66. The van der Waals surface area contributed by atoms with Gasteiger partial charge in [-0.05, 0) is 65.7 Å². The molecule has 0 fully saturated rings. The third-order valence-electron chi connectivity index (χ3n) is 5.33. The summed E-state index contributed by atoms with van der Waals surface area (Å²) in [4.78, 5) is 21.7. The van der Waals surface area contributed by atoms with Gasteiger partial charge in [-0.25, -0.2) is 19.8 Å². The number of nitrogens with zero attached hydrogens (tertiary/aromatic N) is 2. The molecule has 2 aromatic heterocycles. The van der Waals surface area contributed by atoms with Crippen LogP contribution >= 0.6 is 35.3 Å². The number of hydroxylamine groups is 1. The van der Waals surface area contributed by atoms with Crippen LogP contribution in [-0.4, -0.2) is 21.1 Å². The lowest BCUT2D eigenvalue weighted by Crippen LogP contribution is -2.16. The van der Waals surface area contributed by atoms with Crippen molar-refractivity contribution in [1.82, 2.24) is 15.4 Å². The molecule has 3 aromatic carbocycles. The predicted molar refractivity (Wildman–Crippen MR) is 145 cm³/mol. The Kier molecular flexibility index (Phi) is 8.20. The lowest BCUT2D eigenvalue weighted by molar-refractivity contribution is 0.0711. The highest BCUT2D eigenvalue weighted by Crippen LogP contribution is 2.34. The van der Waals surface area contributed by atoms with Crippen LogP contribution in [0.15, 0.2) is 79.1 Å². The van der Waals surface area contributed by atoms with Gasteiger partial charge in [-0.2, -0.15) is 0 Å². The van der Waals surface area contributed by atoms with E-state index in [1.54, 1.807) is 35.8 Å². The third kappa shape index (κ3) is 5.98. The first-order valence-corrected chi connectivity index (χ1v) is 11.9. The fourth-order valence-corrected chi connectivity index (χ4v) is 4.73. The van der Waals surface area contributed by atoms with Crippen LogP contribution in [-0.2, 0) is 6.61 Å². The van der Waals surface area contributed by atoms with E-state index in [0.29, 0.717) is 32.7 Å². The van der Waals surface area contributed by atoms with Crippen LogP contribution in [0.2, 0.25) is 5.02 Å². The molecule has 0 aliphatic rings. The fourth-order valence-electron chi connectivity index (χ4n) is 3.60. The minimum Gasteiger partial charge on any atom is -0.487 e. The van der Waals surface area contributed by atoms with Crippen molar-refractivity contribution in [1.29, 1.82) is 0 Å². The third-order valence-corrected chi connectivity index (χ3v) is 6.76. The Hall–Kier alpha value is -3.76. The zero-order valence-electron chi connectivity index (χ0n) is 18.9. The van der Waals surface area contributed by atoms with Gasteiger partial charge in [0.2, 0.25) is 0 Å². The van der Waals surface area contributed by atoms with Gasteiger partial charge in [0.1, 0.15) is 30.3 Å². The number of nitrogens with one attached hydrogen (secondary N) is 2. The van der Waals surface area contributed by atoms with Gasteiger partial charge < -0.3 is 10.1 Å². The summed E-state index contributed by atoms with van der Waals surface area (Å²) < 4.78 is 19.1. The highest BCUT2D eigenvalue weighted by Gasteiger charge is 2.12. The maximum Gasteiger partial charge on any atom is 0.284 e. The largest absolute Gasteiger partial charge is 0.487 e. The number of fused-ring (bicyclic) bond motifs is 1. The number of benzene rings is 3. The molecule has 37 heavy (non-hydrogen) atoms. The van der Waals surface area contributed by atoms with Crippen molar-refractivity contribution in [2.24, 2.45) is 0 Å². The van der Waals surface area contributed by atoms with Crippen LogP contribution in [0, 0.1) is 5.82 Å². The Morgan fingerprint density at radius 1 is 1.05 bits per heavy atom. The maximum absolute atomic E-state index is 13.4. The number of amides is 1. The van der Waals surface area contributed by atoms with E-state index in [4.69, 9.17) is 21.5 Å². The number of rotatable bonds is 7. The molecule has 0 radical (unpaired) electrons. The highest BCUT2D eigenvalue weighted by atomic mass is 35.5. The number of carbonyl (C=O) groups is 1. The molecule has 0 bridgehead atoms. The fraction of sp³-hybridized carbons (Fsp3) is 0.0385. The lowest BCUT2D eigenvalue weighted by atomic mass is 10.1. The minimum atomic E-state index is -0.557. The lowest BCUT2D eigenvalue weighted by Gasteiger charge is -2.12. The zero-order valence-corrected chi connectivity index (χ0v) is 21.3. The van der Waals surface area contributed by atoms with Crippen molar-refractivity contribution in [3.63, 3.8) is 0 Å². The second-order valence-corrected chi connectivity index (χ2v) is 9.24. The number of thiophene rings is 1. The average molecular weight is 557 g/mol. The van der Waals surface area contributed by atoms with Gasteiger partial charge in [-0.1, -0.05) is 29.8 Å². The van der Waals surface area contributed by atoms with Crippen LogP contribution in [0.25, 0.3) is 21.3 Å². The molecule has 0 aliphatic heterocycles. The summed E-state index contributed by atoms with van der Waals surface area (Å²) >= 11 is 7.69. The van der Waals surface area contributed by atoms with Gasteiger partial charge in [-0.3, -0.25) is 10.0 Å². The summed E-state index contributed by atoms with van der Waals surface area (Å²) in [5, 5.41) is 13.3. The van der Waals surface area contributed by atoms with Crippen LogP contribution in [0.1, 0.15) is 15.2 Å². The molecule has 0 atom stereocenters. The zero-order chi connectivity index (χ0) is 25.1. The Balaban J connectivity index is 0.00000320. The van der Waals surface area contributed by atoms with Crippen LogP contribution in [0.5, 0.6) is 5.75 Å². The SMILES string of the molecule is Cl.O=C(NO)c1ccc(-c2ccc3ncnc(Nc4ccc(OCc5cccc(F)c5)c(Cl)c4)c3c2)s1. The second-order valence-electron chi connectivity index (χ2n) is 7.75. The van der Waals surface area contributed by atoms with Crippen molar-refractivity contribution < 1.29 is 19.1 Å².